The third-order valence-corrected chi connectivity index (χ3v) is 2.65. The molecule has 0 aliphatic rings. The van der Waals surface area contributed by atoms with Gasteiger partial charge >= 0.3 is 0 Å². The molecule has 0 saturated heterocycles. The minimum atomic E-state index is -0.398. The Labute approximate surface area is 116 Å². The molecule has 1 aromatic heterocycles. The Morgan fingerprint density at radius 3 is 2.50 bits per heavy atom. The van der Waals surface area contributed by atoms with Crippen LogP contribution in [0.1, 0.15) is 21.6 Å². The predicted molar refractivity (Wildman–Crippen MR) is 76.6 cm³/mol. The second kappa shape index (κ2) is 6.38. The Hall–Kier alpha value is -2.82. The van der Waals surface area contributed by atoms with Crippen LogP contribution >= 0.6 is 0 Å². The molecule has 3 N–H and O–H groups in total. The van der Waals surface area contributed by atoms with Gasteiger partial charge in [-0.05, 0) is 30.7 Å². The van der Waals surface area contributed by atoms with Crippen LogP contribution in [0.15, 0.2) is 48.7 Å². The van der Waals surface area contributed by atoms with Gasteiger partial charge in [-0.3, -0.25) is 20.4 Å². The van der Waals surface area contributed by atoms with Gasteiger partial charge in [-0.1, -0.05) is 29.8 Å². The lowest BCUT2D eigenvalue weighted by atomic mass is 10.1. The van der Waals surface area contributed by atoms with Crippen LogP contribution in [-0.2, 0) is 4.79 Å². The summed E-state index contributed by atoms with van der Waals surface area (Å²) in [6.07, 6.45) is 4.67. The summed E-state index contributed by atoms with van der Waals surface area (Å²) in [5.41, 5.74) is 7.07. The van der Waals surface area contributed by atoms with Crippen molar-refractivity contribution >= 4 is 17.9 Å². The first-order valence-corrected chi connectivity index (χ1v) is 6.13. The smallest absolute Gasteiger partial charge is 0.286 e. The second-order valence-corrected chi connectivity index (χ2v) is 4.27. The van der Waals surface area contributed by atoms with Crippen LogP contribution in [0.3, 0.4) is 0 Å². The maximum atomic E-state index is 11.5. The quantitative estimate of drug-likeness (QED) is 0.587. The zero-order valence-electron chi connectivity index (χ0n) is 11.0. The normalized spacial score (nSPS) is 10.4. The lowest BCUT2D eigenvalue weighted by Crippen LogP contribution is -2.40. The van der Waals surface area contributed by atoms with Crippen LogP contribution in [0.2, 0.25) is 0 Å². The van der Waals surface area contributed by atoms with Crippen LogP contribution in [-0.4, -0.2) is 16.8 Å². The molecule has 0 radical (unpaired) electrons. The van der Waals surface area contributed by atoms with Crippen molar-refractivity contribution in [2.24, 2.45) is 0 Å². The number of rotatable bonds is 3. The molecule has 2 amide bonds. The zero-order chi connectivity index (χ0) is 14.4. The third kappa shape index (κ3) is 3.84. The lowest BCUT2D eigenvalue weighted by molar-refractivity contribution is -0.117. The van der Waals surface area contributed by atoms with Gasteiger partial charge in [-0.25, -0.2) is 0 Å². The molecule has 1 aromatic carbocycles. The third-order valence-electron chi connectivity index (χ3n) is 2.65. The van der Waals surface area contributed by atoms with Crippen molar-refractivity contribution in [3.8, 4) is 0 Å². The van der Waals surface area contributed by atoms with Crippen molar-refractivity contribution < 1.29 is 9.59 Å². The highest BCUT2D eigenvalue weighted by molar-refractivity contribution is 5.96. The Morgan fingerprint density at radius 2 is 1.85 bits per heavy atom. The average molecular weight is 269 g/mol. The monoisotopic (exact) mass is 269 g/mol. The van der Waals surface area contributed by atoms with Gasteiger partial charge in [0.25, 0.3) is 11.8 Å². The van der Waals surface area contributed by atoms with E-state index in [1.807, 2.05) is 31.2 Å². The SMILES string of the molecule is Cc1ccc(/C=C/C(=O)NNC(=O)c2ccc[nH]2)cc1. The number of aromatic nitrogens is 1. The first-order valence-electron chi connectivity index (χ1n) is 6.13. The largest absolute Gasteiger partial charge is 0.357 e. The van der Waals surface area contributed by atoms with Crippen molar-refractivity contribution in [2.45, 2.75) is 6.92 Å². The second-order valence-electron chi connectivity index (χ2n) is 4.27. The van der Waals surface area contributed by atoms with E-state index in [-0.39, 0.29) is 0 Å². The molecule has 5 nitrogen and oxygen atoms in total. The van der Waals surface area contributed by atoms with Crippen LogP contribution < -0.4 is 10.9 Å². The summed E-state index contributed by atoms with van der Waals surface area (Å²) >= 11 is 0. The molecule has 0 bridgehead atoms. The van der Waals surface area contributed by atoms with Crippen molar-refractivity contribution in [3.63, 3.8) is 0 Å². The number of carbonyl (C=O) groups excluding carboxylic acids is 2. The molecule has 102 valence electrons. The predicted octanol–water partition coefficient (Wildman–Crippen LogP) is 1.80. The molecule has 20 heavy (non-hydrogen) atoms. The van der Waals surface area contributed by atoms with Gasteiger partial charge in [0, 0.05) is 12.3 Å². The van der Waals surface area contributed by atoms with Crippen molar-refractivity contribution in [3.05, 3.63) is 65.5 Å². The Bertz CT molecular complexity index is 613. The number of amides is 2. The molecular formula is C15H15N3O2. The Kier molecular flexibility index (Phi) is 4.34. The first-order chi connectivity index (χ1) is 9.65. The minimum Gasteiger partial charge on any atom is -0.357 e. The summed E-state index contributed by atoms with van der Waals surface area (Å²) in [4.78, 5) is 25.8. The molecule has 0 spiro atoms. The molecule has 0 atom stereocenters. The van der Waals surface area contributed by atoms with Gasteiger partial charge in [-0.2, -0.15) is 0 Å². The van der Waals surface area contributed by atoms with E-state index in [4.69, 9.17) is 0 Å². The summed E-state index contributed by atoms with van der Waals surface area (Å²) in [5.74, 6) is -0.794. The standard InChI is InChI=1S/C15H15N3O2/c1-11-4-6-12(7-5-11)8-9-14(19)17-18-15(20)13-3-2-10-16-13/h2-10,16H,1H3,(H,17,19)(H,18,20)/b9-8+. The molecule has 2 rings (SSSR count). The van der Waals surface area contributed by atoms with Crippen LogP contribution in [0.25, 0.3) is 6.08 Å². The first kappa shape index (κ1) is 13.6. The highest BCUT2D eigenvalue weighted by atomic mass is 16.2. The van der Waals surface area contributed by atoms with E-state index in [0.717, 1.165) is 11.1 Å². The molecule has 1 heterocycles. The van der Waals surface area contributed by atoms with Crippen molar-refractivity contribution in [2.75, 3.05) is 0 Å². The van der Waals surface area contributed by atoms with Gasteiger partial charge in [-0.15, -0.1) is 0 Å². The van der Waals surface area contributed by atoms with Crippen LogP contribution in [0, 0.1) is 6.92 Å². The molecule has 0 aliphatic heterocycles. The summed E-state index contributed by atoms with van der Waals surface area (Å²) in [6.45, 7) is 2.00. The maximum absolute atomic E-state index is 11.5. The van der Waals surface area contributed by atoms with Crippen LogP contribution in [0.5, 0.6) is 0 Å². The highest BCUT2D eigenvalue weighted by Gasteiger charge is 2.05. The molecule has 0 saturated carbocycles. The number of aryl methyl sites for hydroxylation is 1. The number of carbonyl (C=O) groups is 2. The highest BCUT2D eigenvalue weighted by Crippen LogP contribution is 2.04. The molecule has 0 aliphatic carbocycles. The number of hydrazine groups is 1. The number of H-pyrrole nitrogens is 1. The van der Waals surface area contributed by atoms with Gasteiger partial charge in [0.05, 0.1) is 0 Å². The number of aromatic amines is 1. The van der Waals surface area contributed by atoms with Gasteiger partial charge in [0.15, 0.2) is 0 Å². The van der Waals surface area contributed by atoms with E-state index >= 15 is 0 Å². The van der Waals surface area contributed by atoms with Gasteiger partial charge < -0.3 is 4.98 Å². The number of hydrogen-bond donors (Lipinski definition) is 3. The Morgan fingerprint density at radius 1 is 1.10 bits per heavy atom. The number of hydrogen-bond acceptors (Lipinski definition) is 2. The van der Waals surface area contributed by atoms with Gasteiger partial charge in [0.1, 0.15) is 5.69 Å². The minimum absolute atomic E-state index is 0.382. The van der Waals surface area contributed by atoms with Crippen molar-refractivity contribution in [1.29, 1.82) is 0 Å². The summed E-state index contributed by atoms with van der Waals surface area (Å²) in [5, 5.41) is 0. The summed E-state index contributed by atoms with van der Waals surface area (Å²) in [7, 11) is 0. The number of benzene rings is 1. The summed E-state index contributed by atoms with van der Waals surface area (Å²) < 4.78 is 0. The molecule has 2 aromatic rings. The maximum Gasteiger partial charge on any atom is 0.286 e. The lowest BCUT2D eigenvalue weighted by Gasteiger charge is -2.03. The summed E-state index contributed by atoms with van der Waals surface area (Å²) in [6, 6.07) is 11.1. The topological polar surface area (TPSA) is 74.0 Å². The molecule has 0 unspecified atom stereocenters. The van der Waals surface area contributed by atoms with Crippen LogP contribution in [0.4, 0.5) is 0 Å². The van der Waals surface area contributed by atoms with E-state index in [9.17, 15) is 9.59 Å². The molecular weight excluding hydrogens is 254 g/mol. The average Bonchev–Trinajstić information content (AvgIpc) is 2.98. The van der Waals surface area contributed by atoms with Crippen molar-refractivity contribution in [1.82, 2.24) is 15.8 Å². The Balaban J connectivity index is 1.83. The fourth-order valence-electron chi connectivity index (χ4n) is 1.55. The fraction of sp³-hybridized carbons (Fsp3) is 0.0667. The van der Waals surface area contributed by atoms with E-state index < -0.39 is 11.8 Å². The van der Waals surface area contributed by atoms with Gasteiger partial charge in [0.2, 0.25) is 0 Å². The van der Waals surface area contributed by atoms with E-state index in [2.05, 4.69) is 15.8 Å². The number of nitrogens with one attached hydrogen (secondary N) is 3. The fourth-order valence-corrected chi connectivity index (χ4v) is 1.55. The van der Waals surface area contributed by atoms with E-state index in [0.29, 0.717) is 5.69 Å². The zero-order valence-corrected chi connectivity index (χ0v) is 11.0. The van der Waals surface area contributed by atoms with E-state index in [1.54, 1.807) is 24.4 Å². The van der Waals surface area contributed by atoms with E-state index in [1.165, 1.54) is 6.08 Å². The molecule has 5 heteroatoms. The molecule has 0 fully saturated rings.